The molecule has 2 N–H and O–H groups in total. The number of aliphatic hydroxyl groups is 1. The van der Waals surface area contributed by atoms with Crippen molar-refractivity contribution in [1.29, 1.82) is 0 Å². The van der Waals surface area contributed by atoms with Gasteiger partial charge in [-0.15, -0.1) is 10.2 Å². The first-order valence-electron chi connectivity index (χ1n) is 8.87. The predicted octanol–water partition coefficient (Wildman–Crippen LogP) is 2.43. The van der Waals surface area contributed by atoms with Gasteiger partial charge in [0.2, 0.25) is 0 Å². The van der Waals surface area contributed by atoms with Crippen molar-refractivity contribution in [2.75, 3.05) is 13.2 Å². The summed E-state index contributed by atoms with van der Waals surface area (Å²) in [5, 5.41) is 20.5. The van der Waals surface area contributed by atoms with Crippen molar-refractivity contribution in [1.82, 2.24) is 24.5 Å². The van der Waals surface area contributed by atoms with Gasteiger partial charge in [-0.1, -0.05) is 24.3 Å². The van der Waals surface area contributed by atoms with Crippen LogP contribution < -0.4 is 5.32 Å². The average Bonchev–Trinajstić information content (AvgIpc) is 3.16. The number of nitrogens with one attached hydrogen (secondary N) is 1. The van der Waals surface area contributed by atoms with E-state index in [4.69, 9.17) is 5.11 Å². The van der Waals surface area contributed by atoms with E-state index in [-0.39, 0.29) is 6.61 Å². The van der Waals surface area contributed by atoms with Gasteiger partial charge in [-0.3, -0.25) is 4.40 Å². The second-order valence-electron chi connectivity index (χ2n) is 6.64. The Hall–Kier alpha value is -2.70. The van der Waals surface area contributed by atoms with Gasteiger partial charge in [-0.25, -0.2) is 0 Å². The maximum absolute atomic E-state index is 8.90. The smallest absolute Gasteiger partial charge is 0.161 e. The fraction of sp³-hybridized carbons (Fsp3) is 0.300. The van der Waals surface area contributed by atoms with Crippen molar-refractivity contribution in [2.24, 2.45) is 0 Å². The Labute approximate surface area is 152 Å². The van der Waals surface area contributed by atoms with E-state index in [9.17, 15) is 0 Å². The number of aryl methyl sites for hydroxylation is 2. The minimum atomic E-state index is 0.158. The Kier molecular flexibility index (Phi) is 4.44. The third-order valence-electron chi connectivity index (χ3n) is 4.76. The Bertz CT molecular complexity index is 1060. The number of benzene rings is 1. The number of aromatic nitrogens is 4. The molecule has 6 nitrogen and oxygen atoms in total. The van der Waals surface area contributed by atoms with Crippen LogP contribution in [0.25, 0.3) is 16.7 Å². The van der Waals surface area contributed by atoms with Crippen molar-refractivity contribution in [3.63, 3.8) is 0 Å². The average molecular weight is 349 g/mol. The predicted molar refractivity (Wildman–Crippen MR) is 102 cm³/mol. The van der Waals surface area contributed by atoms with Crippen LogP contribution in [0, 0.1) is 13.8 Å². The molecule has 0 unspecified atom stereocenters. The van der Waals surface area contributed by atoms with Gasteiger partial charge in [0.25, 0.3) is 0 Å². The monoisotopic (exact) mass is 349 g/mol. The Morgan fingerprint density at radius 2 is 1.85 bits per heavy atom. The van der Waals surface area contributed by atoms with E-state index in [1.165, 1.54) is 22.3 Å². The lowest BCUT2D eigenvalue weighted by Gasteiger charge is -2.11. The maximum Gasteiger partial charge on any atom is 0.161 e. The van der Waals surface area contributed by atoms with Gasteiger partial charge in [0.05, 0.1) is 17.6 Å². The molecule has 0 saturated heterocycles. The molecule has 134 valence electrons. The highest BCUT2D eigenvalue weighted by Crippen LogP contribution is 2.23. The molecule has 6 heteroatoms. The molecule has 0 atom stereocenters. The van der Waals surface area contributed by atoms with E-state index in [0.717, 1.165) is 30.1 Å². The number of hydrogen-bond donors (Lipinski definition) is 2. The molecule has 0 aliphatic heterocycles. The third-order valence-corrected chi connectivity index (χ3v) is 4.76. The number of pyridine rings is 1. The van der Waals surface area contributed by atoms with E-state index in [1.807, 2.05) is 13.0 Å². The lowest BCUT2D eigenvalue weighted by molar-refractivity contribution is 0.292. The van der Waals surface area contributed by atoms with Crippen LogP contribution >= 0.6 is 0 Å². The van der Waals surface area contributed by atoms with Gasteiger partial charge >= 0.3 is 0 Å². The summed E-state index contributed by atoms with van der Waals surface area (Å²) in [6, 6.07) is 14.9. The molecule has 1 aromatic carbocycles. The van der Waals surface area contributed by atoms with Crippen LogP contribution in [0.4, 0.5) is 0 Å². The summed E-state index contributed by atoms with van der Waals surface area (Å²) in [5.41, 5.74) is 6.90. The maximum atomic E-state index is 8.90. The van der Waals surface area contributed by atoms with Crippen molar-refractivity contribution in [2.45, 2.75) is 26.9 Å². The second kappa shape index (κ2) is 6.90. The molecule has 3 heterocycles. The quantitative estimate of drug-likeness (QED) is 0.525. The molecule has 0 spiro atoms. The molecule has 0 radical (unpaired) electrons. The molecule has 0 amide bonds. The van der Waals surface area contributed by atoms with E-state index in [0.29, 0.717) is 6.54 Å². The molecule has 26 heavy (non-hydrogen) atoms. The zero-order valence-electron chi connectivity index (χ0n) is 15.1. The van der Waals surface area contributed by atoms with E-state index in [1.54, 1.807) is 0 Å². The summed E-state index contributed by atoms with van der Waals surface area (Å²) in [7, 11) is 0. The molecular formula is C20H23N5O. The van der Waals surface area contributed by atoms with Crippen LogP contribution in [0.5, 0.6) is 0 Å². The van der Waals surface area contributed by atoms with Crippen LogP contribution in [0.15, 0.2) is 42.5 Å². The third kappa shape index (κ3) is 2.98. The number of fused-ring (bicyclic) bond motifs is 3. The Morgan fingerprint density at radius 3 is 2.69 bits per heavy atom. The number of aliphatic hydroxyl groups excluding tert-OH is 1. The minimum Gasteiger partial charge on any atom is -0.395 e. The summed E-state index contributed by atoms with van der Waals surface area (Å²) >= 11 is 0. The first-order chi connectivity index (χ1) is 12.7. The van der Waals surface area contributed by atoms with Gasteiger partial charge in [0, 0.05) is 25.3 Å². The molecule has 4 rings (SSSR count). The molecule has 0 saturated carbocycles. The molecular weight excluding hydrogens is 326 g/mol. The lowest BCUT2D eigenvalue weighted by atomic mass is 10.1. The highest BCUT2D eigenvalue weighted by molar-refractivity contribution is 5.81. The summed E-state index contributed by atoms with van der Waals surface area (Å²) < 4.78 is 4.43. The summed E-state index contributed by atoms with van der Waals surface area (Å²) in [4.78, 5) is 0. The summed E-state index contributed by atoms with van der Waals surface area (Å²) in [6.07, 6.45) is 0. The van der Waals surface area contributed by atoms with Gasteiger partial charge in [-0.05, 0) is 43.2 Å². The SMILES string of the molecule is Cc1cc2c(ccc3nnc(C)n32)n1Cc1cccc(CNCCO)c1. The normalized spacial score (nSPS) is 11.7. The summed E-state index contributed by atoms with van der Waals surface area (Å²) in [6.45, 7) is 6.47. The van der Waals surface area contributed by atoms with Crippen molar-refractivity contribution < 1.29 is 5.11 Å². The summed E-state index contributed by atoms with van der Waals surface area (Å²) in [5.74, 6) is 0.903. The fourth-order valence-corrected chi connectivity index (χ4v) is 3.51. The van der Waals surface area contributed by atoms with Crippen LogP contribution in [-0.4, -0.2) is 37.4 Å². The molecule has 3 aromatic heterocycles. The number of rotatable bonds is 6. The Morgan fingerprint density at radius 1 is 1.00 bits per heavy atom. The highest BCUT2D eigenvalue weighted by atomic mass is 16.3. The largest absolute Gasteiger partial charge is 0.395 e. The van der Waals surface area contributed by atoms with Crippen molar-refractivity contribution in [3.8, 4) is 0 Å². The van der Waals surface area contributed by atoms with Gasteiger partial charge in [0.1, 0.15) is 5.82 Å². The first-order valence-corrected chi connectivity index (χ1v) is 8.87. The van der Waals surface area contributed by atoms with E-state index in [2.05, 4.69) is 67.8 Å². The van der Waals surface area contributed by atoms with Crippen LogP contribution in [0.2, 0.25) is 0 Å². The molecule has 0 aliphatic rings. The van der Waals surface area contributed by atoms with E-state index < -0.39 is 0 Å². The topological polar surface area (TPSA) is 67.4 Å². The first kappa shape index (κ1) is 16.8. The Balaban J connectivity index is 1.69. The van der Waals surface area contributed by atoms with Crippen LogP contribution in [-0.2, 0) is 13.1 Å². The number of hydrogen-bond acceptors (Lipinski definition) is 4. The van der Waals surface area contributed by atoms with Crippen LogP contribution in [0.3, 0.4) is 0 Å². The lowest BCUT2D eigenvalue weighted by Crippen LogP contribution is -2.17. The van der Waals surface area contributed by atoms with Crippen LogP contribution in [0.1, 0.15) is 22.6 Å². The zero-order valence-corrected chi connectivity index (χ0v) is 15.1. The van der Waals surface area contributed by atoms with E-state index >= 15 is 0 Å². The van der Waals surface area contributed by atoms with Gasteiger partial charge < -0.3 is 15.0 Å². The minimum absolute atomic E-state index is 0.158. The molecule has 4 aromatic rings. The highest BCUT2D eigenvalue weighted by Gasteiger charge is 2.12. The second-order valence-corrected chi connectivity index (χ2v) is 6.64. The number of nitrogens with zero attached hydrogens (tertiary/aromatic N) is 4. The zero-order chi connectivity index (χ0) is 18.1. The fourth-order valence-electron chi connectivity index (χ4n) is 3.51. The molecule has 0 fully saturated rings. The van der Waals surface area contributed by atoms with Crippen molar-refractivity contribution in [3.05, 3.63) is 65.1 Å². The standard InChI is InChI=1S/C20H23N5O/c1-14-10-19-18(6-7-20-23-22-15(2)25(19)20)24(14)13-17-5-3-4-16(11-17)12-21-8-9-26/h3-7,10-11,21,26H,8-9,12-13H2,1-2H3. The van der Waals surface area contributed by atoms with Gasteiger partial charge in [0.15, 0.2) is 5.65 Å². The van der Waals surface area contributed by atoms with Gasteiger partial charge in [-0.2, -0.15) is 0 Å². The molecule has 0 bridgehead atoms. The van der Waals surface area contributed by atoms with Crippen molar-refractivity contribution >= 4 is 16.7 Å². The molecule has 0 aliphatic carbocycles.